The molecule has 0 unspecified atom stereocenters. The van der Waals surface area contributed by atoms with Crippen LogP contribution in [0.1, 0.15) is 5.82 Å². The normalized spacial score (nSPS) is 11.0. The van der Waals surface area contributed by atoms with Crippen LogP contribution in [0, 0.1) is 6.92 Å². The average molecular weight is 318 g/mol. The topological polar surface area (TPSA) is 64.9 Å². The summed E-state index contributed by atoms with van der Waals surface area (Å²) in [4.78, 5) is 8.95. The van der Waals surface area contributed by atoms with Crippen molar-refractivity contribution in [3.63, 3.8) is 0 Å². The summed E-state index contributed by atoms with van der Waals surface area (Å²) >= 11 is 6.06. The van der Waals surface area contributed by atoms with Gasteiger partial charge >= 0.3 is 0 Å². The summed E-state index contributed by atoms with van der Waals surface area (Å²) in [5, 5.41) is 9.19. The van der Waals surface area contributed by atoms with Crippen LogP contribution in [0.4, 0.5) is 5.82 Å². The minimum absolute atomic E-state index is 0.604. The van der Waals surface area contributed by atoms with Gasteiger partial charge in [-0.25, -0.2) is 14.6 Å². The molecule has 2 aromatic heterocycles. The Labute approximate surface area is 133 Å². The van der Waals surface area contributed by atoms with E-state index in [-0.39, 0.29) is 0 Å². The quantitative estimate of drug-likeness (QED) is 0.733. The number of benzene rings is 1. The summed E-state index contributed by atoms with van der Waals surface area (Å²) in [6.45, 7) is 3.13. The number of aryl methyl sites for hydroxylation is 1. The van der Waals surface area contributed by atoms with Gasteiger partial charge in [-0.2, -0.15) is 5.10 Å². The maximum absolute atomic E-state index is 6.06. The highest BCUT2D eigenvalue weighted by atomic mass is 35.5. The standard InChI is InChI=1S/C15H16ClN5O/c1-10-19-14(17-6-7-22-2)13-9-18-21(15(13)20-10)12-5-3-4-11(16)8-12/h3-5,8-9H,6-7H2,1-2H3,(H,17,19,20). The van der Waals surface area contributed by atoms with Crippen LogP contribution >= 0.6 is 11.6 Å². The fourth-order valence-electron chi connectivity index (χ4n) is 2.22. The minimum atomic E-state index is 0.604. The number of hydrogen-bond donors (Lipinski definition) is 1. The third-order valence-corrected chi connectivity index (χ3v) is 3.43. The van der Waals surface area contributed by atoms with Gasteiger partial charge in [-0.1, -0.05) is 17.7 Å². The van der Waals surface area contributed by atoms with Gasteiger partial charge in [-0.3, -0.25) is 0 Å². The first-order chi connectivity index (χ1) is 10.7. The van der Waals surface area contributed by atoms with Gasteiger partial charge < -0.3 is 10.1 Å². The average Bonchev–Trinajstić information content (AvgIpc) is 2.91. The van der Waals surface area contributed by atoms with Gasteiger partial charge in [-0.15, -0.1) is 0 Å². The van der Waals surface area contributed by atoms with Crippen LogP contribution < -0.4 is 5.32 Å². The van der Waals surface area contributed by atoms with Crippen molar-refractivity contribution >= 4 is 28.5 Å². The molecule has 0 amide bonds. The molecule has 0 aliphatic heterocycles. The predicted molar refractivity (Wildman–Crippen MR) is 86.8 cm³/mol. The third kappa shape index (κ3) is 2.88. The zero-order chi connectivity index (χ0) is 15.5. The Morgan fingerprint density at radius 2 is 2.18 bits per heavy atom. The Bertz CT molecular complexity index is 802. The van der Waals surface area contributed by atoms with Crippen molar-refractivity contribution in [2.75, 3.05) is 25.6 Å². The van der Waals surface area contributed by atoms with Gasteiger partial charge in [0.05, 0.1) is 23.9 Å². The third-order valence-electron chi connectivity index (χ3n) is 3.19. The predicted octanol–water partition coefficient (Wildman–Crippen LogP) is 2.84. The van der Waals surface area contributed by atoms with E-state index in [1.807, 2.05) is 31.2 Å². The molecule has 3 rings (SSSR count). The highest BCUT2D eigenvalue weighted by Gasteiger charge is 2.12. The van der Waals surface area contributed by atoms with E-state index in [1.54, 1.807) is 18.0 Å². The van der Waals surface area contributed by atoms with E-state index in [1.165, 1.54) is 0 Å². The summed E-state index contributed by atoms with van der Waals surface area (Å²) in [6, 6.07) is 7.50. The Hall–Kier alpha value is -2.18. The van der Waals surface area contributed by atoms with Gasteiger partial charge in [0, 0.05) is 18.7 Å². The molecule has 0 aliphatic rings. The second kappa shape index (κ2) is 6.29. The number of rotatable bonds is 5. The van der Waals surface area contributed by atoms with Gasteiger partial charge in [0.15, 0.2) is 5.65 Å². The second-order valence-corrected chi connectivity index (χ2v) is 5.25. The molecule has 0 atom stereocenters. The molecule has 2 heterocycles. The molecule has 0 saturated heterocycles. The molecule has 0 radical (unpaired) electrons. The summed E-state index contributed by atoms with van der Waals surface area (Å²) in [6.07, 6.45) is 1.75. The van der Waals surface area contributed by atoms with Crippen LogP contribution in [-0.2, 0) is 4.74 Å². The molecule has 114 valence electrons. The zero-order valence-electron chi connectivity index (χ0n) is 12.4. The van der Waals surface area contributed by atoms with E-state index < -0.39 is 0 Å². The molecule has 3 aromatic rings. The number of anilines is 1. The summed E-state index contributed by atoms with van der Waals surface area (Å²) in [5.74, 6) is 1.43. The first-order valence-corrected chi connectivity index (χ1v) is 7.28. The lowest BCUT2D eigenvalue weighted by Crippen LogP contribution is -2.10. The van der Waals surface area contributed by atoms with Crippen LogP contribution in [0.2, 0.25) is 5.02 Å². The number of ether oxygens (including phenoxy) is 1. The summed E-state index contributed by atoms with van der Waals surface area (Å²) in [5.41, 5.74) is 1.61. The van der Waals surface area contributed by atoms with E-state index in [0.29, 0.717) is 24.0 Å². The van der Waals surface area contributed by atoms with Crippen molar-refractivity contribution in [1.82, 2.24) is 19.7 Å². The SMILES string of the molecule is COCCNc1nc(C)nc2c1cnn2-c1cccc(Cl)c1. The molecule has 0 saturated carbocycles. The van der Waals surface area contributed by atoms with Crippen LogP contribution in [0.15, 0.2) is 30.5 Å². The van der Waals surface area contributed by atoms with Crippen molar-refractivity contribution in [2.45, 2.75) is 6.92 Å². The number of hydrogen-bond acceptors (Lipinski definition) is 5. The van der Waals surface area contributed by atoms with E-state index in [2.05, 4.69) is 20.4 Å². The van der Waals surface area contributed by atoms with Gasteiger partial charge in [0.25, 0.3) is 0 Å². The van der Waals surface area contributed by atoms with Gasteiger partial charge in [-0.05, 0) is 25.1 Å². The Morgan fingerprint density at radius 3 is 2.95 bits per heavy atom. The number of nitrogens with zero attached hydrogens (tertiary/aromatic N) is 4. The minimum Gasteiger partial charge on any atom is -0.383 e. The molecule has 0 bridgehead atoms. The summed E-state index contributed by atoms with van der Waals surface area (Å²) < 4.78 is 6.81. The van der Waals surface area contributed by atoms with E-state index in [0.717, 1.165) is 22.5 Å². The monoisotopic (exact) mass is 317 g/mol. The molecular formula is C15H16ClN5O. The van der Waals surface area contributed by atoms with Crippen LogP contribution in [0.5, 0.6) is 0 Å². The van der Waals surface area contributed by atoms with Crippen molar-refractivity contribution in [2.24, 2.45) is 0 Å². The Balaban J connectivity index is 2.07. The van der Waals surface area contributed by atoms with Gasteiger partial charge in [0.2, 0.25) is 0 Å². The van der Waals surface area contributed by atoms with E-state index in [9.17, 15) is 0 Å². The molecular weight excluding hydrogens is 302 g/mol. The molecule has 1 N–H and O–H groups in total. The zero-order valence-corrected chi connectivity index (χ0v) is 13.1. The highest BCUT2D eigenvalue weighted by Crippen LogP contribution is 2.23. The van der Waals surface area contributed by atoms with Crippen molar-refractivity contribution in [3.8, 4) is 5.69 Å². The molecule has 6 nitrogen and oxygen atoms in total. The van der Waals surface area contributed by atoms with Crippen LogP contribution in [0.3, 0.4) is 0 Å². The van der Waals surface area contributed by atoms with E-state index >= 15 is 0 Å². The number of halogens is 1. The number of aromatic nitrogens is 4. The first-order valence-electron chi connectivity index (χ1n) is 6.90. The second-order valence-electron chi connectivity index (χ2n) is 4.81. The Morgan fingerprint density at radius 1 is 1.32 bits per heavy atom. The first kappa shape index (κ1) is 14.7. The van der Waals surface area contributed by atoms with Crippen LogP contribution in [-0.4, -0.2) is 40.0 Å². The summed E-state index contributed by atoms with van der Waals surface area (Å²) in [7, 11) is 1.67. The lowest BCUT2D eigenvalue weighted by molar-refractivity contribution is 0.210. The van der Waals surface area contributed by atoms with Crippen molar-refractivity contribution < 1.29 is 4.74 Å². The molecule has 0 fully saturated rings. The maximum Gasteiger partial charge on any atom is 0.168 e. The van der Waals surface area contributed by atoms with Gasteiger partial charge in [0.1, 0.15) is 11.6 Å². The lowest BCUT2D eigenvalue weighted by atomic mass is 10.3. The lowest BCUT2D eigenvalue weighted by Gasteiger charge is -2.08. The molecule has 22 heavy (non-hydrogen) atoms. The molecule has 0 aliphatic carbocycles. The van der Waals surface area contributed by atoms with Crippen LogP contribution in [0.25, 0.3) is 16.7 Å². The largest absolute Gasteiger partial charge is 0.383 e. The Kier molecular flexibility index (Phi) is 4.22. The van der Waals surface area contributed by atoms with Crippen molar-refractivity contribution in [1.29, 1.82) is 0 Å². The molecule has 7 heteroatoms. The van der Waals surface area contributed by atoms with E-state index in [4.69, 9.17) is 16.3 Å². The fourth-order valence-corrected chi connectivity index (χ4v) is 2.40. The molecule has 1 aromatic carbocycles. The van der Waals surface area contributed by atoms with Crippen molar-refractivity contribution in [3.05, 3.63) is 41.3 Å². The fraction of sp³-hybridized carbons (Fsp3) is 0.267. The number of fused-ring (bicyclic) bond motifs is 1. The highest BCUT2D eigenvalue weighted by molar-refractivity contribution is 6.30. The maximum atomic E-state index is 6.06. The number of methoxy groups -OCH3 is 1. The molecule has 0 spiro atoms. The number of nitrogens with one attached hydrogen (secondary N) is 1. The smallest absolute Gasteiger partial charge is 0.168 e.